The second kappa shape index (κ2) is 8.36. The first-order valence-electron chi connectivity index (χ1n) is 8.54. The Labute approximate surface area is 155 Å². The van der Waals surface area contributed by atoms with Crippen LogP contribution in [0, 0.1) is 13.8 Å². The number of aryl methyl sites for hydroxylation is 1. The van der Waals surface area contributed by atoms with Crippen LogP contribution >= 0.6 is 0 Å². The molecule has 0 saturated heterocycles. The van der Waals surface area contributed by atoms with E-state index in [1.807, 2.05) is 45.9 Å². The molecule has 0 bridgehead atoms. The zero-order chi connectivity index (χ0) is 19.3. The van der Waals surface area contributed by atoms with Crippen molar-refractivity contribution in [3.63, 3.8) is 0 Å². The van der Waals surface area contributed by atoms with E-state index in [1.54, 1.807) is 12.1 Å². The van der Waals surface area contributed by atoms with E-state index in [4.69, 9.17) is 4.74 Å². The minimum absolute atomic E-state index is 0.0197. The first kappa shape index (κ1) is 20.0. The highest BCUT2D eigenvalue weighted by atomic mass is 32.2. The number of carbonyl (C=O) groups is 1. The zero-order valence-electron chi connectivity index (χ0n) is 15.6. The summed E-state index contributed by atoms with van der Waals surface area (Å²) in [4.78, 5) is 12.3. The smallest absolute Gasteiger partial charge is 0.225 e. The molecule has 5 nitrogen and oxygen atoms in total. The lowest BCUT2D eigenvalue weighted by Crippen LogP contribution is -2.18. The Morgan fingerprint density at radius 3 is 2.35 bits per heavy atom. The van der Waals surface area contributed by atoms with Gasteiger partial charge in [-0.15, -0.1) is 0 Å². The third kappa shape index (κ3) is 5.33. The molecule has 0 spiro atoms. The van der Waals surface area contributed by atoms with Crippen LogP contribution in [0.4, 0.5) is 5.69 Å². The number of ether oxygens (including phenoxy) is 1. The molecule has 0 fully saturated rings. The maximum atomic E-state index is 12.4. The van der Waals surface area contributed by atoms with Gasteiger partial charge in [0.25, 0.3) is 0 Å². The van der Waals surface area contributed by atoms with Gasteiger partial charge in [-0.1, -0.05) is 12.1 Å². The van der Waals surface area contributed by atoms with Gasteiger partial charge in [-0.3, -0.25) is 4.79 Å². The van der Waals surface area contributed by atoms with Gasteiger partial charge in [0, 0.05) is 12.1 Å². The third-order valence-corrected chi connectivity index (χ3v) is 5.76. The highest BCUT2D eigenvalue weighted by Crippen LogP contribution is 2.20. The van der Waals surface area contributed by atoms with Gasteiger partial charge >= 0.3 is 0 Å². The van der Waals surface area contributed by atoms with E-state index in [0.29, 0.717) is 11.4 Å². The van der Waals surface area contributed by atoms with Gasteiger partial charge in [-0.2, -0.15) is 0 Å². The van der Waals surface area contributed by atoms with E-state index in [-0.39, 0.29) is 29.1 Å². The molecule has 0 aliphatic rings. The van der Waals surface area contributed by atoms with E-state index in [1.165, 1.54) is 12.1 Å². The third-order valence-electron chi connectivity index (χ3n) is 4.03. The van der Waals surface area contributed by atoms with Crippen LogP contribution in [0.5, 0.6) is 5.75 Å². The molecule has 140 valence electrons. The molecule has 2 rings (SSSR count). The van der Waals surface area contributed by atoms with Crippen LogP contribution in [0.25, 0.3) is 0 Å². The van der Waals surface area contributed by atoms with E-state index >= 15 is 0 Å². The van der Waals surface area contributed by atoms with Crippen molar-refractivity contribution in [2.24, 2.45) is 0 Å². The number of carbonyl (C=O) groups excluding carboxylic acids is 1. The van der Waals surface area contributed by atoms with Gasteiger partial charge in [-0.05, 0) is 69.2 Å². The standard InChI is InChI=1S/C20H25NO4S/c1-14(2)25-17-8-10-18(11-9-17)26(23,24)13-12-20(22)21-19-7-5-6-15(3)16(19)4/h5-11,14H,12-13H2,1-4H3,(H,21,22). The van der Waals surface area contributed by atoms with Crippen molar-refractivity contribution in [2.45, 2.75) is 45.1 Å². The minimum Gasteiger partial charge on any atom is -0.491 e. The van der Waals surface area contributed by atoms with Crippen molar-refractivity contribution in [2.75, 3.05) is 11.1 Å². The predicted molar refractivity (Wildman–Crippen MR) is 103 cm³/mol. The fraction of sp³-hybridized carbons (Fsp3) is 0.350. The maximum Gasteiger partial charge on any atom is 0.225 e. The molecule has 0 heterocycles. The number of sulfone groups is 1. The van der Waals surface area contributed by atoms with Crippen LogP contribution in [0.1, 0.15) is 31.4 Å². The molecule has 2 aromatic rings. The second-order valence-electron chi connectivity index (χ2n) is 6.50. The van der Waals surface area contributed by atoms with Crippen molar-refractivity contribution in [1.29, 1.82) is 0 Å². The second-order valence-corrected chi connectivity index (χ2v) is 8.61. The summed E-state index contributed by atoms with van der Waals surface area (Å²) >= 11 is 0. The van der Waals surface area contributed by atoms with Gasteiger partial charge in [0.1, 0.15) is 5.75 Å². The van der Waals surface area contributed by atoms with Crippen LogP contribution < -0.4 is 10.1 Å². The Morgan fingerprint density at radius 2 is 1.73 bits per heavy atom. The highest BCUT2D eigenvalue weighted by Gasteiger charge is 2.17. The normalized spacial score (nSPS) is 11.4. The zero-order valence-corrected chi connectivity index (χ0v) is 16.4. The number of benzene rings is 2. The molecular weight excluding hydrogens is 350 g/mol. The first-order chi connectivity index (χ1) is 12.2. The SMILES string of the molecule is Cc1cccc(NC(=O)CCS(=O)(=O)c2ccc(OC(C)C)cc2)c1C. The Kier molecular flexibility index (Phi) is 6.42. The summed E-state index contributed by atoms with van der Waals surface area (Å²) in [7, 11) is -3.53. The monoisotopic (exact) mass is 375 g/mol. The maximum absolute atomic E-state index is 12.4. The molecule has 0 atom stereocenters. The lowest BCUT2D eigenvalue weighted by molar-refractivity contribution is -0.115. The lowest BCUT2D eigenvalue weighted by Gasteiger charge is -2.11. The van der Waals surface area contributed by atoms with Crippen molar-refractivity contribution < 1.29 is 17.9 Å². The summed E-state index contributed by atoms with van der Waals surface area (Å²) < 4.78 is 30.4. The molecule has 0 aliphatic heterocycles. The number of rotatable bonds is 7. The summed E-state index contributed by atoms with van der Waals surface area (Å²) in [5.41, 5.74) is 2.76. The highest BCUT2D eigenvalue weighted by molar-refractivity contribution is 7.91. The summed E-state index contributed by atoms with van der Waals surface area (Å²) in [6.45, 7) is 7.68. The van der Waals surface area contributed by atoms with Crippen LogP contribution in [0.2, 0.25) is 0 Å². The van der Waals surface area contributed by atoms with Gasteiger partial charge < -0.3 is 10.1 Å². The summed E-state index contributed by atoms with van der Waals surface area (Å²) in [6.07, 6.45) is -0.0776. The Hall–Kier alpha value is -2.34. The molecule has 0 unspecified atom stereocenters. The van der Waals surface area contributed by atoms with Crippen LogP contribution in [-0.2, 0) is 14.6 Å². The number of anilines is 1. The number of hydrogen-bond acceptors (Lipinski definition) is 4. The molecular formula is C20H25NO4S. The molecule has 0 aromatic heterocycles. The molecule has 0 aliphatic carbocycles. The van der Waals surface area contributed by atoms with E-state index in [2.05, 4.69) is 5.32 Å². The topological polar surface area (TPSA) is 72.5 Å². The summed E-state index contributed by atoms with van der Waals surface area (Å²) in [6, 6.07) is 11.9. The fourth-order valence-electron chi connectivity index (χ4n) is 2.44. The van der Waals surface area contributed by atoms with Crippen LogP contribution in [0.3, 0.4) is 0 Å². The Bertz CT molecular complexity index is 871. The van der Waals surface area contributed by atoms with Gasteiger partial charge in [-0.25, -0.2) is 8.42 Å². The molecule has 0 saturated carbocycles. The van der Waals surface area contributed by atoms with E-state index in [0.717, 1.165) is 11.1 Å². The lowest BCUT2D eigenvalue weighted by atomic mass is 10.1. The van der Waals surface area contributed by atoms with Crippen LogP contribution in [0.15, 0.2) is 47.4 Å². The largest absolute Gasteiger partial charge is 0.491 e. The fourth-order valence-corrected chi connectivity index (χ4v) is 3.68. The number of hydrogen-bond donors (Lipinski definition) is 1. The minimum atomic E-state index is -3.53. The van der Waals surface area contributed by atoms with Crippen molar-refractivity contribution in [3.05, 3.63) is 53.6 Å². The Morgan fingerprint density at radius 1 is 1.08 bits per heavy atom. The van der Waals surface area contributed by atoms with Crippen molar-refractivity contribution in [1.82, 2.24) is 0 Å². The predicted octanol–water partition coefficient (Wildman–Crippen LogP) is 3.89. The number of nitrogens with one attached hydrogen (secondary N) is 1. The van der Waals surface area contributed by atoms with Gasteiger partial charge in [0.2, 0.25) is 5.91 Å². The van der Waals surface area contributed by atoms with E-state index in [9.17, 15) is 13.2 Å². The molecule has 6 heteroatoms. The first-order valence-corrected chi connectivity index (χ1v) is 10.2. The summed E-state index contributed by atoms with van der Waals surface area (Å²) in [5.74, 6) is 0.0577. The average molecular weight is 375 g/mol. The quantitative estimate of drug-likeness (QED) is 0.797. The molecule has 0 radical (unpaired) electrons. The molecule has 1 N–H and O–H groups in total. The van der Waals surface area contributed by atoms with Gasteiger partial charge in [0.15, 0.2) is 9.84 Å². The van der Waals surface area contributed by atoms with Crippen molar-refractivity contribution in [3.8, 4) is 5.75 Å². The molecule has 26 heavy (non-hydrogen) atoms. The van der Waals surface area contributed by atoms with E-state index < -0.39 is 9.84 Å². The Balaban J connectivity index is 1.98. The van der Waals surface area contributed by atoms with Crippen molar-refractivity contribution >= 4 is 21.4 Å². The molecule has 1 amide bonds. The van der Waals surface area contributed by atoms with Gasteiger partial charge in [0.05, 0.1) is 16.8 Å². The molecule has 2 aromatic carbocycles. The summed E-state index contributed by atoms with van der Waals surface area (Å²) in [5, 5.41) is 2.78. The number of amides is 1. The average Bonchev–Trinajstić information content (AvgIpc) is 2.57. The van der Waals surface area contributed by atoms with Crippen LogP contribution in [-0.4, -0.2) is 26.2 Å².